The first-order chi connectivity index (χ1) is 8.99. The van der Waals surface area contributed by atoms with Crippen LogP contribution in [0.1, 0.15) is 19.8 Å². The number of hydrogen-bond donors (Lipinski definition) is 1. The fraction of sp³-hybridized carbons (Fsp3) is 0.538. The Balaban J connectivity index is 2.60. The summed E-state index contributed by atoms with van der Waals surface area (Å²) in [5, 5.41) is 3.14. The van der Waals surface area contributed by atoms with E-state index >= 15 is 0 Å². The molecule has 0 atom stereocenters. The van der Waals surface area contributed by atoms with E-state index in [2.05, 4.69) is 5.32 Å². The predicted molar refractivity (Wildman–Crippen MR) is 76.4 cm³/mol. The molecule has 108 valence electrons. The van der Waals surface area contributed by atoms with Gasteiger partial charge < -0.3 is 5.32 Å². The van der Waals surface area contributed by atoms with E-state index in [1.54, 1.807) is 6.07 Å². The predicted octanol–water partition coefficient (Wildman–Crippen LogP) is 1.98. The van der Waals surface area contributed by atoms with Crippen LogP contribution in [0.4, 0.5) is 10.1 Å². The number of halogens is 1. The van der Waals surface area contributed by atoms with E-state index in [0.717, 1.165) is 23.8 Å². The van der Waals surface area contributed by atoms with Crippen LogP contribution >= 0.6 is 0 Å². The molecular formula is C13H21FN2O2S. The monoisotopic (exact) mass is 288 g/mol. The van der Waals surface area contributed by atoms with E-state index in [1.165, 1.54) is 25.2 Å². The van der Waals surface area contributed by atoms with Crippen LogP contribution < -0.4 is 9.62 Å². The molecule has 0 spiro atoms. The lowest BCUT2D eigenvalue weighted by Crippen LogP contribution is -2.30. The minimum Gasteiger partial charge on any atom is -0.317 e. The van der Waals surface area contributed by atoms with Gasteiger partial charge in [0.25, 0.3) is 0 Å². The molecule has 0 aliphatic heterocycles. The molecule has 0 aliphatic rings. The van der Waals surface area contributed by atoms with E-state index in [9.17, 15) is 12.8 Å². The molecule has 0 saturated carbocycles. The average molecular weight is 288 g/mol. The lowest BCUT2D eigenvalue weighted by Gasteiger charge is -2.19. The van der Waals surface area contributed by atoms with Crippen molar-refractivity contribution in [1.82, 2.24) is 5.32 Å². The zero-order valence-corrected chi connectivity index (χ0v) is 12.2. The van der Waals surface area contributed by atoms with Crippen LogP contribution in [-0.4, -0.2) is 34.3 Å². The molecule has 0 aliphatic carbocycles. The van der Waals surface area contributed by atoms with Gasteiger partial charge >= 0.3 is 0 Å². The SMILES string of the molecule is CCNCCCCS(=O)(=O)N(C)c1ccccc1F. The lowest BCUT2D eigenvalue weighted by atomic mass is 10.3. The first-order valence-corrected chi connectivity index (χ1v) is 8.02. The van der Waals surface area contributed by atoms with E-state index in [0.29, 0.717) is 6.42 Å². The highest BCUT2D eigenvalue weighted by Crippen LogP contribution is 2.20. The van der Waals surface area contributed by atoms with Crippen LogP contribution in [0.2, 0.25) is 0 Å². The Morgan fingerprint density at radius 1 is 1.26 bits per heavy atom. The molecule has 4 nitrogen and oxygen atoms in total. The van der Waals surface area contributed by atoms with Crippen LogP contribution in [0, 0.1) is 5.82 Å². The molecule has 6 heteroatoms. The quantitative estimate of drug-likeness (QED) is 0.744. The van der Waals surface area contributed by atoms with Gasteiger partial charge in [0.1, 0.15) is 5.82 Å². The summed E-state index contributed by atoms with van der Waals surface area (Å²) in [5.74, 6) is -0.496. The summed E-state index contributed by atoms with van der Waals surface area (Å²) in [6.45, 7) is 3.68. The molecule has 1 aromatic rings. The number of benzene rings is 1. The molecule has 1 rings (SSSR count). The second kappa shape index (κ2) is 7.45. The number of nitrogens with zero attached hydrogens (tertiary/aromatic N) is 1. The summed E-state index contributed by atoms with van der Waals surface area (Å²) in [7, 11) is -2.07. The highest BCUT2D eigenvalue weighted by molar-refractivity contribution is 7.92. The van der Waals surface area contributed by atoms with Crippen LogP contribution in [-0.2, 0) is 10.0 Å². The maximum atomic E-state index is 13.5. The van der Waals surface area contributed by atoms with Gasteiger partial charge in [0.2, 0.25) is 10.0 Å². The Morgan fingerprint density at radius 3 is 2.58 bits per heavy atom. The Morgan fingerprint density at radius 2 is 1.95 bits per heavy atom. The van der Waals surface area contributed by atoms with Gasteiger partial charge in [-0.1, -0.05) is 19.1 Å². The van der Waals surface area contributed by atoms with Crippen molar-refractivity contribution in [3.05, 3.63) is 30.1 Å². The van der Waals surface area contributed by atoms with Crippen molar-refractivity contribution in [2.24, 2.45) is 0 Å². The van der Waals surface area contributed by atoms with Crippen LogP contribution in [0.25, 0.3) is 0 Å². The van der Waals surface area contributed by atoms with Gasteiger partial charge in [0, 0.05) is 7.05 Å². The van der Waals surface area contributed by atoms with Crippen molar-refractivity contribution in [1.29, 1.82) is 0 Å². The molecule has 1 N–H and O–H groups in total. The summed E-state index contributed by atoms with van der Waals surface area (Å²) >= 11 is 0. The Labute approximate surface area is 114 Å². The second-order valence-electron chi connectivity index (χ2n) is 4.30. The summed E-state index contributed by atoms with van der Waals surface area (Å²) in [5.41, 5.74) is 0.0918. The first-order valence-electron chi connectivity index (χ1n) is 6.41. The topological polar surface area (TPSA) is 49.4 Å². The Bertz CT molecular complexity index is 491. The lowest BCUT2D eigenvalue weighted by molar-refractivity contribution is 0.583. The van der Waals surface area contributed by atoms with Crippen molar-refractivity contribution < 1.29 is 12.8 Å². The molecule has 0 radical (unpaired) electrons. The van der Waals surface area contributed by atoms with Gasteiger partial charge in [-0.15, -0.1) is 0 Å². The largest absolute Gasteiger partial charge is 0.317 e. The Hall–Kier alpha value is -1.14. The minimum absolute atomic E-state index is 0.0310. The van der Waals surface area contributed by atoms with Gasteiger partial charge in [-0.2, -0.15) is 0 Å². The molecule has 0 aromatic heterocycles. The molecule has 0 heterocycles. The Kier molecular flexibility index (Phi) is 6.24. The van der Waals surface area contributed by atoms with Gasteiger partial charge in [-0.25, -0.2) is 12.8 Å². The van der Waals surface area contributed by atoms with Crippen molar-refractivity contribution >= 4 is 15.7 Å². The minimum atomic E-state index is -3.46. The molecule has 0 fully saturated rings. The number of sulfonamides is 1. The highest BCUT2D eigenvalue weighted by atomic mass is 32.2. The third-order valence-electron chi connectivity index (χ3n) is 2.86. The number of unbranched alkanes of at least 4 members (excludes halogenated alkanes) is 1. The van der Waals surface area contributed by atoms with Gasteiger partial charge in [-0.05, 0) is 38.1 Å². The molecule has 0 bridgehead atoms. The first kappa shape index (κ1) is 15.9. The third-order valence-corrected chi connectivity index (χ3v) is 4.70. The number of rotatable bonds is 8. The van der Waals surface area contributed by atoms with Gasteiger partial charge in [-0.3, -0.25) is 4.31 Å². The molecule has 0 unspecified atom stereocenters. The smallest absolute Gasteiger partial charge is 0.234 e. The third kappa shape index (κ3) is 4.80. The standard InChI is InChI=1S/C13H21FN2O2S/c1-3-15-10-6-7-11-19(17,18)16(2)13-9-5-4-8-12(13)14/h4-5,8-9,15H,3,6-7,10-11H2,1-2H3. The molecule has 1 aromatic carbocycles. The van der Waals surface area contributed by atoms with Gasteiger partial charge in [0.05, 0.1) is 11.4 Å². The van der Waals surface area contributed by atoms with Crippen LogP contribution in [0.3, 0.4) is 0 Å². The summed E-state index contributed by atoms with van der Waals surface area (Å²) in [6.07, 6.45) is 1.35. The van der Waals surface area contributed by atoms with Crippen LogP contribution in [0.5, 0.6) is 0 Å². The van der Waals surface area contributed by atoms with Crippen molar-refractivity contribution in [2.75, 3.05) is 30.2 Å². The van der Waals surface area contributed by atoms with Crippen LogP contribution in [0.15, 0.2) is 24.3 Å². The van der Waals surface area contributed by atoms with E-state index in [-0.39, 0.29) is 11.4 Å². The van der Waals surface area contributed by atoms with E-state index in [4.69, 9.17) is 0 Å². The van der Waals surface area contributed by atoms with Gasteiger partial charge in [0.15, 0.2) is 0 Å². The maximum absolute atomic E-state index is 13.5. The molecule has 0 saturated heterocycles. The van der Waals surface area contributed by atoms with Crippen molar-refractivity contribution in [3.63, 3.8) is 0 Å². The fourth-order valence-electron chi connectivity index (χ4n) is 1.71. The normalized spacial score (nSPS) is 11.5. The maximum Gasteiger partial charge on any atom is 0.234 e. The van der Waals surface area contributed by atoms with E-state index < -0.39 is 15.8 Å². The fourth-order valence-corrected chi connectivity index (χ4v) is 3.00. The van der Waals surface area contributed by atoms with Crippen molar-refractivity contribution in [2.45, 2.75) is 19.8 Å². The number of anilines is 1. The number of para-hydroxylation sites is 1. The summed E-state index contributed by atoms with van der Waals surface area (Å²) in [6, 6.07) is 5.88. The summed E-state index contributed by atoms with van der Waals surface area (Å²) < 4.78 is 38.7. The highest BCUT2D eigenvalue weighted by Gasteiger charge is 2.20. The molecular weight excluding hydrogens is 267 g/mol. The second-order valence-corrected chi connectivity index (χ2v) is 6.42. The zero-order valence-electron chi connectivity index (χ0n) is 11.4. The van der Waals surface area contributed by atoms with Crippen molar-refractivity contribution in [3.8, 4) is 0 Å². The average Bonchev–Trinajstić information content (AvgIpc) is 2.38. The number of nitrogens with one attached hydrogen (secondary N) is 1. The molecule has 19 heavy (non-hydrogen) atoms. The van der Waals surface area contributed by atoms with E-state index in [1.807, 2.05) is 6.92 Å². The zero-order chi connectivity index (χ0) is 14.3. The molecule has 0 amide bonds. The number of hydrogen-bond acceptors (Lipinski definition) is 3. The summed E-state index contributed by atoms with van der Waals surface area (Å²) in [4.78, 5) is 0.